The third-order valence-electron chi connectivity index (χ3n) is 6.24. The highest BCUT2D eigenvalue weighted by Gasteiger charge is 2.46. The highest BCUT2D eigenvalue weighted by molar-refractivity contribution is 6.21. The fraction of sp³-hybridized carbons (Fsp3) is 0.500. The van der Waals surface area contributed by atoms with Crippen molar-refractivity contribution in [1.82, 2.24) is 9.97 Å². The summed E-state index contributed by atoms with van der Waals surface area (Å²) in [4.78, 5) is 39.1. The average molecular weight is 439 g/mol. The van der Waals surface area contributed by atoms with E-state index in [1.54, 1.807) is 30.6 Å². The minimum absolute atomic E-state index is 0.109. The summed E-state index contributed by atoms with van der Waals surface area (Å²) in [6.07, 6.45) is 8.36. The lowest BCUT2D eigenvalue weighted by molar-refractivity contribution is -0.915. The van der Waals surface area contributed by atoms with E-state index in [1.165, 1.54) is 24.2 Å². The van der Waals surface area contributed by atoms with Crippen molar-refractivity contribution >= 4 is 23.5 Å². The molecular weight excluding hydrogens is 406 g/mol. The average Bonchev–Trinajstić information content (AvgIpc) is 3.14. The van der Waals surface area contributed by atoms with Crippen LogP contribution in [0.25, 0.3) is 0 Å². The van der Waals surface area contributed by atoms with E-state index in [-0.39, 0.29) is 24.3 Å². The molecule has 8 heteroatoms. The number of hydrogen-bond acceptors (Lipinski definition) is 6. The fourth-order valence-electron chi connectivity index (χ4n) is 4.43. The van der Waals surface area contributed by atoms with E-state index in [2.05, 4.69) is 21.8 Å². The number of aromatic nitrogens is 2. The number of nitrogens with one attached hydrogen (secondary N) is 1. The van der Waals surface area contributed by atoms with Crippen molar-refractivity contribution in [3.63, 3.8) is 0 Å². The van der Waals surface area contributed by atoms with Crippen LogP contribution >= 0.6 is 0 Å². The van der Waals surface area contributed by atoms with Crippen molar-refractivity contribution < 1.29 is 19.2 Å². The van der Waals surface area contributed by atoms with Crippen molar-refractivity contribution in [2.75, 3.05) is 42.6 Å². The van der Waals surface area contributed by atoms with Gasteiger partial charge in [-0.05, 0) is 36.8 Å². The molecule has 0 bridgehead atoms. The first-order valence-corrected chi connectivity index (χ1v) is 11.6. The molecule has 1 aromatic heterocycles. The predicted octanol–water partition coefficient (Wildman–Crippen LogP) is 1.47. The van der Waals surface area contributed by atoms with Crippen LogP contribution in [-0.2, 0) is 9.59 Å². The predicted molar refractivity (Wildman–Crippen MR) is 122 cm³/mol. The summed E-state index contributed by atoms with van der Waals surface area (Å²) >= 11 is 0. The van der Waals surface area contributed by atoms with E-state index in [1.807, 2.05) is 12.1 Å². The van der Waals surface area contributed by atoms with Gasteiger partial charge in [-0.3, -0.25) is 9.59 Å². The summed E-state index contributed by atoms with van der Waals surface area (Å²) in [5.74, 6) is 1.25. The Hall–Kier alpha value is -3.00. The van der Waals surface area contributed by atoms with E-state index < -0.39 is 0 Å². The van der Waals surface area contributed by atoms with Gasteiger partial charge in [0.05, 0.1) is 44.9 Å². The number of imide groups is 1. The fourth-order valence-corrected chi connectivity index (χ4v) is 4.43. The third-order valence-corrected chi connectivity index (χ3v) is 6.24. The molecule has 2 fully saturated rings. The van der Waals surface area contributed by atoms with Crippen molar-refractivity contribution in [1.29, 1.82) is 0 Å². The molecule has 4 rings (SSSR count). The molecule has 0 saturated carbocycles. The van der Waals surface area contributed by atoms with Gasteiger partial charge >= 0.3 is 0 Å². The Balaban J connectivity index is 1.32. The highest BCUT2D eigenvalue weighted by Crippen LogP contribution is 2.25. The number of ether oxygens (including phenoxy) is 1. The zero-order valence-corrected chi connectivity index (χ0v) is 18.7. The van der Waals surface area contributed by atoms with Crippen LogP contribution in [0.3, 0.4) is 0 Å². The second-order valence-corrected chi connectivity index (χ2v) is 8.42. The molecule has 1 N–H and O–H groups in total. The van der Waals surface area contributed by atoms with Gasteiger partial charge in [-0.25, -0.2) is 14.9 Å². The normalized spacial score (nSPS) is 19.6. The third kappa shape index (κ3) is 5.07. The maximum atomic E-state index is 13.1. The van der Waals surface area contributed by atoms with Crippen LogP contribution in [0.15, 0.2) is 42.7 Å². The molecule has 32 heavy (non-hydrogen) atoms. The molecule has 0 aliphatic carbocycles. The van der Waals surface area contributed by atoms with Crippen LogP contribution in [0.1, 0.15) is 39.0 Å². The molecule has 0 radical (unpaired) electrons. The maximum Gasteiger partial charge on any atom is 0.292 e. The van der Waals surface area contributed by atoms with Crippen molar-refractivity contribution in [2.45, 2.75) is 45.1 Å². The molecule has 170 valence electrons. The monoisotopic (exact) mass is 438 g/mol. The Morgan fingerprint density at radius 3 is 2.44 bits per heavy atom. The van der Waals surface area contributed by atoms with E-state index in [4.69, 9.17) is 4.74 Å². The number of benzene rings is 1. The number of carbonyl (C=O) groups is 2. The van der Waals surface area contributed by atoms with E-state index >= 15 is 0 Å². The number of unbranched alkanes of at least 4 members (excludes halogenated alkanes) is 3. The molecule has 8 nitrogen and oxygen atoms in total. The lowest BCUT2D eigenvalue weighted by Crippen LogP contribution is -3.19. The van der Waals surface area contributed by atoms with Crippen molar-refractivity contribution in [3.05, 3.63) is 42.7 Å². The number of quaternary nitrogens is 1. The van der Waals surface area contributed by atoms with Crippen molar-refractivity contribution in [2.24, 2.45) is 0 Å². The number of carbonyl (C=O) groups excluding carboxylic acids is 2. The van der Waals surface area contributed by atoms with Crippen LogP contribution in [0.2, 0.25) is 0 Å². The number of hydrogen-bond donors (Lipinski definition) is 1. The first-order valence-electron chi connectivity index (χ1n) is 11.6. The smallest absolute Gasteiger partial charge is 0.292 e. The van der Waals surface area contributed by atoms with Gasteiger partial charge in [0, 0.05) is 12.4 Å². The number of amides is 2. The van der Waals surface area contributed by atoms with Crippen LogP contribution in [0.4, 0.5) is 11.6 Å². The van der Waals surface area contributed by atoms with Gasteiger partial charge < -0.3 is 14.5 Å². The molecule has 2 saturated heterocycles. The lowest BCUT2D eigenvalue weighted by atomic mass is 10.2. The summed E-state index contributed by atoms with van der Waals surface area (Å²) in [7, 11) is 0. The van der Waals surface area contributed by atoms with Crippen LogP contribution in [0, 0.1) is 0 Å². The molecule has 2 amide bonds. The zero-order valence-electron chi connectivity index (χ0n) is 18.7. The minimum Gasteiger partial charge on any atom is -0.494 e. The summed E-state index contributed by atoms with van der Waals surface area (Å²) in [6, 6.07) is 8.77. The second-order valence-electron chi connectivity index (χ2n) is 8.42. The summed E-state index contributed by atoms with van der Waals surface area (Å²) in [5.41, 5.74) is 0.622. The molecular formula is C24H32N5O3+. The van der Waals surface area contributed by atoms with Gasteiger partial charge in [0.1, 0.15) is 5.75 Å². The Morgan fingerprint density at radius 2 is 1.75 bits per heavy atom. The maximum absolute atomic E-state index is 13.1. The summed E-state index contributed by atoms with van der Waals surface area (Å²) in [6.45, 7) is 5.96. The Kier molecular flexibility index (Phi) is 7.32. The summed E-state index contributed by atoms with van der Waals surface area (Å²) < 4.78 is 5.78. The van der Waals surface area contributed by atoms with E-state index in [9.17, 15) is 9.59 Å². The highest BCUT2D eigenvalue weighted by atomic mass is 16.5. The van der Waals surface area contributed by atoms with E-state index in [0.717, 1.165) is 49.2 Å². The standard InChI is InChI=1S/C24H31N5O3/c1-2-3-4-5-17-32-20-9-7-19(8-10-20)29-22(30)18-21(23(29)31)27-13-15-28(16-14-27)24-25-11-6-12-26-24/h6-12,21H,2-5,13-18H2,1H3/p+1/t21-/m0/s1. The molecule has 2 aromatic rings. The molecule has 0 unspecified atom stereocenters. The first kappa shape index (κ1) is 22.2. The number of rotatable bonds is 9. The largest absolute Gasteiger partial charge is 0.494 e. The SMILES string of the molecule is CCCCCCOc1ccc(N2C(=O)C[C@H]([NH+]3CCN(c4ncccn4)CC3)C2=O)cc1. The number of anilines is 2. The van der Waals surface area contributed by atoms with Gasteiger partial charge in [-0.2, -0.15) is 0 Å². The molecule has 3 heterocycles. The van der Waals surface area contributed by atoms with Gasteiger partial charge in [0.15, 0.2) is 6.04 Å². The minimum atomic E-state index is -0.323. The van der Waals surface area contributed by atoms with Crippen molar-refractivity contribution in [3.8, 4) is 5.75 Å². The first-order chi connectivity index (χ1) is 15.7. The van der Waals surface area contributed by atoms with Crippen LogP contribution < -0.4 is 19.4 Å². The van der Waals surface area contributed by atoms with Gasteiger partial charge in [0.2, 0.25) is 11.9 Å². The Morgan fingerprint density at radius 1 is 1.03 bits per heavy atom. The van der Waals surface area contributed by atoms with Crippen LogP contribution in [0.5, 0.6) is 5.75 Å². The molecule has 0 spiro atoms. The zero-order chi connectivity index (χ0) is 22.3. The Bertz CT molecular complexity index is 898. The summed E-state index contributed by atoms with van der Waals surface area (Å²) in [5, 5.41) is 0. The number of piperazine rings is 1. The second kappa shape index (κ2) is 10.5. The topological polar surface area (TPSA) is 80.1 Å². The lowest BCUT2D eigenvalue weighted by Gasteiger charge is -2.34. The number of nitrogens with zero attached hydrogens (tertiary/aromatic N) is 4. The van der Waals surface area contributed by atoms with Crippen LogP contribution in [-0.4, -0.2) is 60.6 Å². The Labute approximate surface area is 189 Å². The van der Waals surface area contributed by atoms with Gasteiger partial charge in [0.25, 0.3) is 5.91 Å². The van der Waals surface area contributed by atoms with Gasteiger partial charge in [-0.15, -0.1) is 0 Å². The molecule has 1 atom stereocenters. The quantitative estimate of drug-likeness (QED) is 0.472. The van der Waals surface area contributed by atoms with Gasteiger partial charge in [-0.1, -0.05) is 26.2 Å². The van der Waals surface area contributed by atoms with E-state index in [0.29, 0.717) is 12.3 Å². The molecule has 2 aliphatic rings. The molecule has 2 aliphatic heterocycles. The molecule has 1 aromatic carbocycles.